The zero-order valence-corrected chi connectivity index (χ0v) is 8.57. The Kier molecular flexibility index (Phi) is 3.52. The highest BCUT2D eigenvalue weighted by atomic mass is 31.2. The van der Waals surface area contributed by atoms with Crippen molar-refractivity contribution in [2.75, 3.05) is 18.7 Å². The standard InChI is InChI=1S/C8H12NO4P/c1-13-8-4-2-7(3-5-8)9-6-14(10,11)12/h2-5,9H,6H2,1H3,(H2,10,11,12). The second-order valence-corrected chi connectivity index (χ2v) is 4.37. The van der Waals surface area contributed by atoms with Gasteiger partial charge in [-0.3, -0.25) is 4.57 Å². The Labute approximate surface area is 81.9 Å². The van der Waals surface area contributed by atoms with Crippen LogP contribution in [-0.4, -0.2) is 23.2 Å². The summed E-state index contributed by atoms with van der Waals surface area (Å²) in [4.78, 5) is 17.2. The van der Waals surface area contributed by atoms with Crippen molar-refractivity contribution in [2.24, 2.45) is 0 Å². The Morgan fingerprint density at radius 1 is 1.36 bits per heavy atom. The van der Waals surface area contributed by atoms with Crippen molar-refractivity contribution in [2.45, 2.75) is 0 Å². The summed E-state index contributed by atoms with van der Waals surface area (Å²) in [5, 5.41) is 2.62. The third-order valence-electron chi connectivity index (χ3n) is 1.58. The van der Waals surface area contributed by atoms with E-state index in [1.54, 1.807) is 31.4 Å². The van der Waals surface area contributed by atoms with Gasteiger partial charge in [0.2, 0.25) is 0 Å². The molecule has 0 amide bonds. The molecule has 0 aliphatic carbocycles. The van der Waals surface area contributed by atoms with E-state index in [4.69, 9.17) is 14.5 Å². The second-order valence-electron chi connectivity index (χ2n) is 2.73. The maximum Gasteiger partial charge on any atom is 0.344 e. The van der Waals surface area contributed by atoms with Gasteiger partial charge in [0.15, 0.2) is 0 Å². The number of hydrogen-bond acceptors (Lipinski definition) is 3. The van der Waals surface area contributed by atoms with Gasteiger partial charge >= 0.3 is 7.60 Å². The molecule has 0 aliphatic rings. The summed E-state index contributed by atoms with van der Waals surface area (Å²) in [5.74, 6) is 0.701. The Morgan fingerprint density at radius 3 is 2.36 bits per heavy atom. The Bertz CT molecular complexity index is 332. The van der Waals surface area contributed by atoms with Crippen molar-refractivity contribution in [1.82, 2.24) is 0 Å². The Hall–Kier alpha value is -1.03. The minimum absolute atomic E-state index is 0.362. The van der Waals surface area contributed by atoms with E-state index in [1.807, 2.05) is 0 Å². The van der Waals surface area contributed by atoms with E-state index in [1.165, 1.54) is 0 Å². The van der Waals surface area contributed by atoms with Crippen LogP contribution >= 0.6 is 7.60 Å². The number of anilines is 1. The van der Waals surface area contributed by atoms with Gasteiger partial charge < -0.3 is 19.8 Å². The zero-order chi connectivity index (χ0) is 10.6. The molecule has 0 radical (unpaired) electrons. The summed E-state index contributed by atoms with van der Waals surface area (Å²) < 4.78 is 15.5. The number of hydrogen-bond donors (Lipinski definition) is 3. The highest BCUT2D eigenvalue weighted by Gasteiger charge is 2.11. The predicted molar refractivity (Wildman–Crippen MR) is 53.5 cm³/mol. The summed E-state index contributed by atoms with van der Waals surface area (Å²) in [5.41, 5.74) is 0.647. The third kappa shape index (κ3) is 3.79. The summed E-state index contributed by atoms with van der Waals surface area (Å²) in [6.45, 7) is 0. The largest absolute Gasteiger partial charge is 0.497 e. The van der Waals surface area contributed by atoms with E-state index in [-0.39, 0.29) is 6.29 Å². The lowest BCUT2D eigenvalue weighted by molar-refractivity contribution is 0.375. The zero-order valence-electron chi connectivity index (χ0n) is 7.67. The van der Waals surface area contributed by atoms with Crippen LogP contribution in [0.15, 0.2) is 24.3 Å². The van der Waals surface area contributed by atoms with E-state index in [2.05, 4.69) is 5.32 Å². The molecule has 0 aromatic heterocycles. The van der Waals surface area contributed by atoms with Crippen LogP contribution in [0.25, 0.3) is 0 Å². The molecular weight excluding hydrogens is 205 g/mol. The van der Waals surface area contributed by atoms with Gasteiger partial charge in [0.05, 0.1) is 7.11 Å². The van der Waals surface area contributed by atoms with E-state index in [0.717, 1.165) is 0 Å². The first-order valence-corrected chi connectivity index (χ1v) is 5.73. The highest BCUT2D eigenvalue weighted by Crippen LogP contribution is 2.33. The van der Waals surface area contributed by atoms with Gasteiger partial charge in [0, 0.05) is 5.69 Å². The summed E-state index contributed by atoms with van der Waals surface area (Å²) >= 11 is 0. The summed E-state index contributed by atoms with van der Waals surface area (Å²) in [6, 6.07) is 6.80. The predicted octanol–water partition coefficient (Wildman–Crippen LogP) is 1.24. The minimum Gasteiger partial charge on any atom is -0.497 e. The lowest BCUT2D eigenvalue weighted by Crippen LogP contribution is -2.01. The molecule has 0 fully saturated rings. The van der Waals surface area contributed by atoms with Gasteiger partial charge in [0.1, 0.15) is 12.0 Å². The first-order chi connectivity index (χ1) is 6.51. The molecule has 6 heteroatoms. The fraction of sp³-hybridized carbons (Fsp3) is 0.250. The number of ether oxygens (including phenoxy) is 1. The Morgan fingerprint density at radius 2 is 1.93 bits per heavy atom. The first kappa shape index (κ1) is 11.0. The van der Waals surface area contributed by atoms with Gasteiger partial charge in [-0.2, -0.15) is 0 Å². The van der Waals surface area contributed by atoms with Crippen LogP contribution < -0.4 is 10.1 Å². The van der Waals surface area contributed by atoms with Crippen LogP contribution in [-0.2, 0) is 4.57 Å². The molecule has 1 aromatic carbocycles. The highest BCUT2D eigenvalue weighted by molar-refractivity contribution is 7.51. The van der Waals surface area contributed by atoms with Crippen LogP contribution in [0.3, 0.4) is 0 Å². The average Bonchev–Trinajstić information content (AvgIpc) is 2.14. The molecule has 0 spiro atoms. The molecule has 0 bridgehead atoms. The molecule has 14 heavy (non-hydrogen) atoms. The molecule has 1 rings (SSSR count). The van der Waals surface area contributed by atoms with Crippen molar-refractivity contribution in [3.8, 4) is 5.75 Å². The number of methoxy groups -OCH3 is 1. The number of benzene rings is 1. The van der Waals surface area contributed by atoms with E-state index >= 15 is 0 Å². The number of rotatable bonds is 4. The molecule has 78 valence electrons. The minimum atomic E-state index is -3.99. The van der Waals surface area contributed by atoms with E-state index in [0.29, 0.717) is 11.4 Å². The number of nitrogens with one attached hydrogen (secondary N) is 1. The van der Waals surface area contributed by atoms with Crippen molar-refractivity contribution in [3.05, 3.63) is 24.3 Å². The molecule has 0 unspecified atom stereocenters. The molecular formula is C8H12NO4P. The van der Waals surface area contributed by atoms with E-state index in [9.17, 15) is 4.57 Å². The summed E-state index contributed by atoms with van der Waals surface area (Å²) in [6.07, 6.45) is -0.362. The second kappa shape index (κ2) is 4.46. The average molecular weight is 217 g/mol. The molecule has 3 N–H and O–H groups in total. The smallest absolute Gasteiger partial charge is 0.344 e. The lowest BCUT2D eigenvalue weighted by Gasteiger charge is -2.07. The van der Waals surface area contributed by atoms with Crippen molar-refractivity contribution >= 4 is 13.3 Å². The molecule has 0 heterocycles. The first-order valence-electron chi connectivity index (χ1n) is 3.94. The van der Waals surface area contributed by atoms with Gasteiger partial charge in [0.25, 0.3) is 0 Å². The monoisotopic (exact) mass is 217 g/mol. The SMILES string of the molecule is COc1ccc(NCP(=O)(O)O)cc1. The van der Waals surface area contributed by atoms with Gasteiger partial charge in [-0.1, -0.05) is 0 Å². The van der Waals surface area contributed by atoms with Crippen LogP contribution in [0.2, 0.25) is 0 Å². The third-order valence-corrected chi connectivity index (χ3v) is 2.15. The molecule has 0 saturated heterocycles. The Balaban J connectivity index is 2.56. The molecule has 0 saturated carbocycles. The summed E-state index contributed by atoms with van der Waals surface area (Å²) in [7, 11) is -2.44. The van der Waals surface area contributed by atoms with Gasteiger partial charge in [-0.25, -0.2) is 0 Å². The lowest BCUT2D eigenvalue weighted by atomic mass is 10.3. The molecule has 1 aromatic rings. The maximum atomic E-state index is 10.5. The van der Waals surface area contributed by atoms with Crippen molar-refractivity contribution in [3.63, 3.8) is 0 Å². The normalized spacial score (nSPS) is 11.1. The van der Waals surface area contributed by atoms with E-state index < -0.39 is 7.60 Å². The fourth-order valence-electron chi connectivity index (χ4n) is 0.903. The van der Waals surface area contributed by atoms with Crippen molar-refractivity contribution in [1.29, 1.82) is 0 Å². The molecule has 5 nitrogen and oxygen atoms in total. The molecule has 0 aliphatic heterocycles. The van der Waals surface area contributed by atoms with Crippen LogP contribution in [0.4, 0.5) is 5.69 Å². The maximum absolute atomic E-state index is 10.5. The topological polar surface area (TPSA) is 78.8 Å². The molecule has 0 atom stereocenters. The quantitative estimate of drug-likeness (QED) is 0.661. The van der Waals surface area contributed by atoms with Crippen LogP contribution in [0, 0.1) is 0 Å². The van der Waals surface area contributed by atoms with Crippen molar-refractivity contribution < 1.29 is 19.1 Å². The van der Waals surface area contributed by atoms with Crippen LogP contribution in [0.5, 0.6) is 5.75 Å². The van der Waals surface area contributed by atoms with Gasteiger partial charge in [-0.15, -0.1) is 0 Å². The van der Waals surface area contributed by atoms with Crippen LogP contribution in [0.1, 0.15) is 0 Å². The van der Waals surface area contributed by atoms with Gasteiger partial charge in [-0.05, 0) is 24.3 Å². The fourth-order valence-corrected chi connectivity index (χ4v) is 1.29.